The average molecular weight is 533 g/mol. The van der Waals surface area contributed by atoms with Gasteiger partial charge in [-0.2, -0.15) is 13.2 Å². The van der Waals surface area contributed by atoms with Crippen LogP contribution in [0.15, 0.2) is 48.7 Å². The van der Waals surface area contributed by atoms with E-state index < -0.39 is 17.7 Å². The van der Waals surface area contributed by atoms with E-state index in [9.17, 15) is 22.8 Å². The molecule has 1 aliphatic rings. The van der Waals surface area contributed by atoms with E-state index in [1.54, 1.807) is 6.92 Å². The molecule has 0 unspecified atom stereocenters. The maximum Gasteiger partial charge on any atom is 0.417 e. The summed E-state index contributed by atoms with van der Waals surface area (Å²) in [4.78, 5) is 34.3. The Hall–Kier alpha value is -3.44. The van der Waals surface area contributed by atoms with Gasteiger partial charge < -0.3 is 15.0 Å². The maximum atomic E-state index is 12.9. The van der Waals surface area contributed by atoms with E-state index in [2.05, 4.69) is 10.3 Å². The first kappa shape index (κ1) is 26.6. The van der Waals surface area contributed by atoms with Crippen LogP contribution in [0.25, 0.3) is 10.4 Å². The van der Waals surface area contributed by atoms with Gasteiger partial charge in [-0.05, 0) is 37.1 Å². The number of hydrogen-bond donors (Lipinski definition) is 1. The molecular formula is C26H27F3N4O3S. The summed E-state index contributed by atoms with van der Waals surface area (Å²) in [5, 5.41) is 3.35. The highest BCUT2D eigenvalue weighted by Gasteiger charge is 2.31. The van der Waals surface area contributed by atoms with Crippen LogP contribution in [0.2, 0.25) is 0 Å². The summed E-state index contributed by atoms with van der Waals surface area (Å²) in [5.74, 6) is -0.266. The van der Waals surface area contributed by atoms with Crippen molar-refractivity contribution >= 4 is 34.0 Å². The van der Waals surface area contributed by atoms with Crippen molar-refractivity contribution in [3.8, 4) is 10.4 Å². The molecule has 2 aromatic heterocycles. The fourth-order valence-corrected chi connectivity index (χ4v) is 5.38. The topological polar surface area (TPSA) is 74.8 Å². The minimum atomic E-state index is -4.42. The lowest BCUT2D eigenvalue weighted by atomic mass is 10.1. The first-order valence-electron chi connectivity index (χ1n) is 11.8. The number of hydrogen-bond acceptors (Lipinski definition) is 7. The molecule has 1 aliphatic heterocycles. The zero-order valence-corrected chi connectivity index (χ0v) is 21.3. The Balaban J connectivity index is 1.40. The molecule has 1 N–H and O–H groups in total. The Morgan fingerprint density at radius 2 is 1.78 bits per heavy atom. The molecule has 196 valence electrons. The first-order chi connectivity index (χ1) is 17.7. The summed E-state index contributed by atoms with van der Waals surface area (Å²) in [6.45, 7) is 6.05. The summed E-state index contributed by atoms with van der Waals surface area (Å²) in [6.07, 6.45) is -3.59. The van der Waals surface area contributed by atoms with E-state index in [0.717, 1.165) is 28.3 Å². The smallest absolute Gasteiger partial charge is 0.417 e. The minimum absolute atomic E-state index is 0.119. The van der Waals surface area contributed by atoms with Crippen molar-refractivity contribution in [1.82, 2.24) is 9.88 Å². The van der Waals surface area contributed by atoms with Crippen molar-refractivity contribution < 1.29 is 27.5 Å². The zero-order valence-electron chi connectivity index (χ0n) is 20.5. The lowest BCUT2D eigenvalue weighted by molar-refractivity contribution is -0.137. The van der Waals surface area contributed by atoms with Crippen LogP contribution in [0.4, 0.5) is 24.0 Å². The second-order valence-electron chi connectivity index (χ2n) is 8.56. The quantitative estimate of drug-likeness (QED) is 0.428. The number of thiophene rings is 1. The largest absolute Gasteiger partial charge is 0.462 e. The third kappa shape index (κ3) is 6.28. The Morgan fingerprint density at radius 3 is 2.38 bits per heavy atom. The molecule has 0 aliphatic carbocycles. The highest BCUT2D eigenvalue weighted by Crippen LogP contribution is 2.40. The highest BCUT2D eigenvalue weighted by atomic mass is 32.1. The molecule has 0 spiro atoms. The Labute approximate surface area is 216 Å². The van der Waals surface area contributed by atoms with E-state index >= 15 is 0 Å². The van der Waals surface area contributed by atoms with Crippen LogP contribution in [-0.2, 0) is 15.7 Å². The van der Waals surface area contributed by atoms with Gasteiger partial charge in [0.1, 0.15) is 10.8 Å². The molecule has 1 aromatic carbocycles. The molecule has 4 rings (SSSR count). The van der Waals surface area contributed by atoms with E-state index in [1.165, 1.54) is 17.4 Å². The van der Waals surface area contributed by atoms with Gasteiger partial charge in [0.15, 0.2) is 0 Å². The van der Waals surface area contributed by atoms with Gasteiger partial charge in [0, 0.05) is 37.3 Å². The summed E-state index contributed by atoms with van der Waals surface area (Å²) >= 11 is 1.34. The van der Waals surface area contributed by atoms with Crippen LogP contribution in [0.1, 0.15) is 28.4 Å². The number of carbonyl (C=O) groups is 2. The number of rotatable bonds is 7. The van der Waals surface area contributed by atoms with Gasteiger partial charge in [0.05, 0.1) is 24.3 Å². The molecule has 1 saturated heterocycles. The number of anilines is 2. The van der Waals surface area contributed by atoms with Crippen LogP contribution in [0.3, 0.4) is 0 Å². The number of benzene rings is 1. The number of carbonyl (C=O) groups excluding carboxylic acids is 2. The van der Waals surface area contributed by atoms with Crippen LogP contribution < -0.4 is 10.2 Å². The monoisotopic (exact) mass is 532 g/mol. The fourth-order valence-electron chi connectivity index (χ4n) is 4.16. The number of amides is 1. The molecule has 37 heavy (non-hydrogen) atoms. The summed E-state index contributed by atoms with van der Waals surface area (Å²) in [5.41, 5.74) is 1.27. The molecule has 1 amide bonds. The highest BCUT2D eigenvalue weighted by molar-refractivity contribution is 7.20. The van der Waals surface area contributed by atoms with Gasteiger partial charge in [-0.1, -0.05) is 30.3 Å². The predicted octanol–water partition coefficient (Wildman–Crippen LogP) is 5.07. The van der Waals surface area contributed by atoms with E-state index in [0.29, 0.717) is 42.6 Å². The maximum absolute atomic E-state index is 12.9. The predicted molar refractivity (Wildman–Crippen MR) is 137 cm³/mol. The molecule has 0 atom stereocenters. The molecule has 0 bridgehead atoms. The van der Waals surface area contributed by atoms with Crippen LogP contribution >= 0.6 is 11.3 Å². The Bertz CT molecular complexity index is 1240. The first-order valence-corrected chi connectivity index (χ1v) is 12.6. The number of ether oxygens (including phenoxy) is 1. The van der Waals surface area contributed by atoms with Crippen LogP contribution in [-0.4, -0.2) is 61.1 Å². The zero-order chi connectivity index (χ0) is 26.6. The number of pyridine rings is 1. The van der Waals surface area contributed by atoms with Gasteiger partial charge in [0.25, 0.3) is 0 Å². The van der Waals surface area contributed by atoms with E-state index in [1.807, 2.05) is 47.1 Å². The minimum Gasteiger partial charge on any atom is -0.462 e. The second kappa shape index (κ2) is 11.3. The molecule has 7 nitrogen and oxygen atoms in total. The van der Waals surface area contributed by atoms with Gasteiger partial charge in [-0.15, -0.1) is 11.3 Å². The molecule has 0 radical (unpaired) electrons. The third-order valence-electron chi connectivity index (χ3n) is 6.05. The van der Waals surface area contributed by atoms with Crippen molar-refractivity contribution in [3.05, 3.63) is 65.4 Å². The van der Waals surface area contributed by atoms with Crippen molar-refractivity contribution in [3.63, 3.8) is 0 Å². The molecule has 11 heteroatoms. The number of alkyl halides is 3. The summed E-state index contributed by atoms with van der Waals surface area (Å²) in [7, 11) is 0. The van der Waals surface area contributed by atoms with Gasteiger partial charge in [-0.3, -0.25) is 9.69 Å². The lowest BCUT2D eigenvalue weighted by Gasteiger charge is -2.35. The van der Waals surface area contributed by atoms with Crippen molar-refractivity contribution in [1.29, 1.82) is 0 Å². The number of nitrogens with zero attached hydrogens (tertiary/aromatic N) is 3. The lowest BCUT2D eigenvalue weighted by Crippen LogP contribution is -2.49. The van der Waals surface area contributed by atoms with Crippen LogP contribution in [0, 0.1) is 6.92 Å². The average Bonchev–Trinajstić information content (AvgIpc) is 3.20. The Morgan fingerprint density at radius 1 is 1.08 bits per heavy atom. The molecule has 0 saturated carbocycles. The SMILES string of the molecule is CCOC(=O)c1c(NC(=O)CN2CCN(c3ccc(C(F)(F)F)cn3)CC2)sc(-c2ccccc2)c1C. The normalized spacial score (nSPS) is 14.5. The number of halogens is 3. The number of esters is 1. The van der Waals surface area contributed by atoms with Crippen molar-refractivity contribution in [2.45, 2.75) is 20.0 Å². The molecule has 3 aromatic rings. The summed E-state index contributed by atoms with van der Waals surface area (Å²) in [6, 6.07) is 12.0. The number of nitrogens with one attached hydrogen (secondary N) is 1. The van der Waals surface area contributed by atoms with E-state index in [4.69, 9.17) is 4.74 Å². The van der Waals surface area contributed by atoms with Gasteiger partial charge in [-0.25, -0.2) is 9.78 Å². The van der Waals surface area contributed by atoms with Crippen LogP contribution in [0.5, 0.6) is 0 Å². The van der Waals surface area contributed by atoms with Crippen molar-refractivity contribution in [2.24, 2.45) is 0 Å². The summed E-state index contributed by atoms with van der Waals surface area (Å²) < 4.78 is 43.6. The van der Waals surface area contributed by atoms with E-state index in [-0.39, 0.29) is 19.1 Å². The second-order valence-corrected chi connectivity index (χ2v) is 9.58. The number of piperazine rings is 1. The number of aromatic nitrogens is 1. The third-order valence-corrected chi connectivity index (χ3v) is 7.31. The van der Waals surface area contributed by atoms with Gasteiger partial charge in [0.2, 0.25) is 5.91 Å². The van der Waals surface area contributed by atoms with Crippen molar-refractivity contribution in [2.75, 3.05) is 49.5 Å². The molecular weight excluding hydrogens is 505 g/mol. The Kier molecular flexibility index (Phi) is 8.13. The molecule has 1 fully saturated rings. The standard InChI is InChI=1S/C26H27F3N4O3S/c1-3-36-25(35)22-17(2)23(18-7-5-4-6-8-18)37-24(22)31-21(34)16-32-11-13-33(14-12-32)20-10-9-19(15-30-20)26(27,28)29/h4-10,15H,3,11-14,16H2,1-2H3,(H,31,34). The van der Waals surface area contributed by atoms with Gasteiger partial charge >= 0.3 is 12.1 Å². The molecule has 3 heterocycles. The fraction of sp³-hybridized carbons (Fsp3) is 0.346.